The van der Waals surface area contributed by atoms with E-state index in [4.69, 9.17) is 17.3 Å². The predicted molar refractivity (Wildman–Crippen MR) is 70.1 cm³/mol. The fourth-order valence-corrected chi connectivity index (χ4v) is 2.15. The van der Waals surface area contributed by atoms with Gasteiger partial charge in [0.1, 0.15) is 5.00 Å². The number of halogens is 1. The minimum atomic E-state index is 0.734. The van der Waals surface area contributed by atoms with Crippen LogP contribution in [0.25, 0.3) is 0 Å². The van der Waals surface area contributed by atoms with E-state index in [-0.39, 0.29) is 0 Å². The molecule has 2 N–H and O–H groups in total. The molecule has 0 unspecified atom stereocenters. The van der Waals surface area contributed by atoms with Gasteiger partial charge in [0.05, 0.1) is 6.20 Å². The average molecular weight is 254 g/mol. The lowest BCUT2D eigenvalue weighted by atomic mass is 10.2. The molecule has 0 aliphatic rings. The van der Waals surface area contributed by atoms with Crippen LogP contribution in [0.4, 0.5) is 10.1 Å². The highest BCUT2D eigenvalue weighted by atomic mass is 35.5. The fraction of sp³-hybridized carbons (Fsp3) is 0.182. The summed E-state index contributed by atoms with van der Waals surface area (Å²) in [4.78, 5) is 6.28. The number of thiazole rings is 1. The normalized spacial score (nSPS) is 10.4. The van der Waals surface area contributed by atoms with Crippen molar-refractivity contribution in [3.63, 3.8) is 0 Å². The molecule has 16 heavy (non-hydrogen) atoms. The van der Waals surface area contributed by atoms with Crippen LogP contribution in [-0.4, -0.2) is 12.0 Å². The lowest BCUT2D eigenvalue weighted by Crippen LogP contribution is -2.15. The van der Waals surface area contributed by atoms with Crippen molar-refractivity contribution in [3.8, 4) is 0 Å². The highest BCUT2D eigenvalue weighted by Crippen LogP contribution is 2.24. The second-order valence-electron chi connectivity index (χ2n) is 3.53. The Bertz CT molecular complexity index is 466. The molecule has 84 valence electrons. The van der Waals surface area contributed by atoms with E-state index >= 15 is 0 Å². The zero-order valence-corrected chi connectivity index (χ0v) is 10.4. The van der Waals surface area contributed by atoms with Gasteiger partial charge in [0.15, 0.2) is 5.13 Å². The van der Waals surface area contributed by atoms with Crippen LogP contribution in [0.3, 0.4) is 0 Å². The summed E-state index contributed by atoms with van der Waals surface area (Å²) in [6.07, 6.45) is 1.68. The van der Waals surface area contributed by atoms with Crippen molar-refractivity contribution < 1.29 is 0 Å². The van der Waals surface area contributed by atoms with E-state index in [2.05, 4.69) is 9.88 Å². The van der Waals surface area contributed by atoms with Gasteiger partial charge in [-0.2, -0.15) is 0 Å². The summed E-state index contributed by atoms with van der Waals surface area (Å²) < 4.78 is 0. The molecular formula is C11H12ClN3S. The molecule has 0 fully saturated rings. The lowest BCUT2D eigenvalue weighted by molar-refractivity contribution is 0.915. The molecule has 3 nitrogen and oxygen atoms in total. The molecule has 0 atom stereocenters. The van der Waals surface area contributed by atoms with Gasteiger partial charge in [-0.25, -0.2) is 4.98 Å². The maximum absolute atomic E-state index is 5.83. The number of hydrogen-bond acceptors (Lipinski definition) is 4. The summed E-state index contributed by atoms with van der Waals surface area (Å²) in [5.74, 6) is 0. The lowest BCUT2D eigenvalue weighted by Gasteiger charge is -2.15. The van der Waals surface area contributed by atoms with Gasteiger partial charge in [-0.1, -0.05) is 35.1 Å². The molecule has 1 heterocycles. The van der Waals surface area contributed by atoms with Gasteiger partial charge >= 0.3 is 0 Å². The van der Waals surface area contributed by atoms with Crippen molar-refractivity contribution in [2.45, 2.75) is 6.54 Å². The van der Waals surface area contributed by atoms with Crippen LogP contribution in [0, 0.1) is 0 Å². The molecule has 5 heteroatoms. The molecule has 0 aliphatic carbocycles. The zero-order valence-electron chi connectivity index (χ0n) is 8.85. The van der Waals surface area contributed by atoms with Crippen molar-refractivity contribution in [1.82, 2.24) is 4.98 Å². The molecule has 2 aromatic rings. The molecule has 1 aromatic heterocycles. The van der Waals surface area contributed by atoms with Gasteiger partial charge < -0.3 is 10.6 Å². The first-order valence-electron chi connectivity index (χ1n) is 4.82. The van der Waals surface area contributed by atoms with E-state index in [1.54, 1.807) is 6.20 Å². The fourth-order valence-electron chi connectivity index (χ4n) is 1.38. The average Bonchev–Trinajstić information content (AvgIpc) is 2.68. The second-order valence-corrected chi connectivity index (χ2v) is 5.00. The largest absolute Gasteiger partial charge is 0.389 e. The number of nitrogen functional groups attached to an aromatic ring is 1. The second kappa shape index (κ2) is 4.72. The van der Waals surface area contributed by atoms with Crippen LogP contribution in [0.5, 0.6) is 0 Å². The number of aromatic nitrogens is 1. The van der Waals surface area contributed by atoms with Crippen molar-refractivity contribution in [1.29, 1.82) is 0 Å². The first-order chi connectivity index (χ1) is 7.65. The Labute approximate surface area is 103 Å². The van der Waals surface area contributed by atoms with E-state index in [1.165, 1.54) is 16.9 Å². The molecule has 2 rings (SSSR count). The standard InChI is InChI=1S/C11H12ClN3S/c1-15(11-14-6-10(13)16-11)7-8-2-4-9(12)5-3-8/h2-6H,7,13H2,1H3. The minimum absolute atomic E-state index is 0.734. The van der Waals surface area contributed by atoms with Gasteiger partial charge in [0.2, 0.25) is 0 Å². The molecule has 0 spiro atoms. The maximum Gasteiger partial charge on any atom is 0.187 e. The number of hydrogen-bond donors (Lipinski definition) is 1. The summed E-state index contributed by atoms with van der Waals surface area (Å²) in [6.45, 7) is 0.796. The molecule has 0 bridgehead atoms. The smallest absolute Gasteiger partial charge is 0.187 e. The minimum Gasteiger partial charge on any atom is -0.389 e. The Morgan fingerprint density at radius 2 is 2.06 bits per heavy atom. The van der Waals surface area contributed by atoms with Crippen molar-refractivity contribution in [2.24, 2.45) is 0 Å². The molecule has 0 aliphatic heterocycles. The first kappa shape index (κ1) is 11.2. The molecule has 0 saturated carbocycles. The van der Waals surface area contributed by atoms with E-state index in [1.807, 2.05) is 31.3 Å². The van der Waals surface area contributed by atoms with E-state index in [9.17, 15) is 0 Å². The first-order valence-corrected chi connectivity index (χ1v) is 6.01. The Hall–Kier alpha value is -1.26. The quantitative estimate of drug-likeness (QED) is 0.914. The third kappa shape index (κ3) is 2.65. The Balaban J connectivity index is 2.07. The topological polar surface area (TPSA) is 42.2 Å². The van der Waals surface area contributed by atoms with Crippen LogP contribution >= 0.6 is 22.9 Å². The summed E-state index contributed by atoms with van der Waals surface area (Å²) in [7, 11) is 1.99. The van der Waals surface area contributed by atoms with Crippen molar-refractivity contribution in [3.05, 3.63) is 41.0 Å². The number of nitrogens with two attached hydrogens (primary N) is 1. The highest BCUT2D eigenvalue weighted by Gasteiger charge is 2.06. The monoisotopic (exact) mass is 253 g/mol. The van der Waals surface area contributed by atoms with Crippen LogP contribution < -0.4 is 10.6 Å². The van der Waals surface area contributed by atoms with Crippen LogP contribution in [-0.2, 0) is 6.54 Å². The SMILES string of the molecule is CN(Cc1ccc(Cl)cc1)c1ncc(N)s1. The van der Waals surface area contributed by atoms with Gasteiger partial charge in [-0.3, -0.25) is 0 Å². The van der Waals surface area contributed by atoms with Gasteiger partial charge in [0.25, 0.3) is 0 Å². The summed E-state index contributed by atoms with van der Waals surface area (Å²) in [6, 6.07) is 7.80. The van der Waals surface area contributed by atoms with Crippen LogP contribution in [0.1, 0.15) is 5.56 Å². The number of benzene rings is 1. The van der Waals surface area contributed by atoms with Gasteiger partial charge in [-0.05, 0) is 17.7 Å². The maximum atomic E-state index is 5.83. The molecular weight excluding hydrogens is 242 g/mol. The summed E-state index contributed by atoms with van der Waals surface area (Å²) in [5, 5.41) is 2.41. The van der Waals surface area contributed by atoms with E-state index in [0.29, 0.717) is 0 Å². The molecule has 1 aromatic carbocycles. The molecule has 0 saturated heterocycles. The van der Waals surface area contributed by atoms with Gasteiger partial charge in [0, 0.05) is 18.6 Å². The zero-order chi connectivity index (χ0) is 11.5. The third-order valence-electron chi connectivity index (χ3n) is 2.17. The van der Waals surface area contributed by atoms with Gasteiger partial charge in [-0.15, -0.1) is 0 Å². The summed E-state index contributed by atoms with van der Waals surface area (Å²) in [5.41, 5.74) is 6.84. The third-order valence-corrected chi connectivity index (χ3v) is 3.36. The Morgan fingerprint density at radius 1 is 1.38 bits per heavy atom. The van der Waals surface area contributed by atoms with Crippen molar-refractivity contribution in [2.75, 3.05) is 17.7 Å². The van der Waals surface area contributed by atoms with Crippen LogP contribution in [0.15, 0.2) is 30.5 Å². The van der Waals surface area contributed by atoms with Crippen molar-refractivity contribution >= 4 is 33.1 Å². The van der Waals surface area contributed by atoms with E-state index in [0.717, 1.165) is 21.7 Å². The Kier molecular flexibility index (Phi) is 3.31. The van der Waals surface area contributed by atoms with E-state index < -0.39 is 0 Å². The number of anilines is 2. The predicted octanol–water partition coefficient (Wildman–Crippen LogP) is 3.02. The Morgan fingerprint density at radius 3 is 2.62 bits per heavy atom. The number of rotatable bonds is 3. The summed E-state index contributed by atoms with van der Waals surface area (Å²) >= 11 is 7.31. The van der Waals surface area contributed by atoms with Crippen LogP contribution in [0.2, 0.25) is 5.02 Å². The highest BCUT2D eigenvalue weighted by molar-refractivity contribution is 7.19. The molecule has 0 radical (unpaired) electrons. The molecule has 0 amide bonds. The number of nitrogens with zero attached hydrogens (tertiary/aromatic N) is 2.